The number of carbonyl (C=O) groups excluding carboxylic acids is 1. The van der Waals surface area contributed by atoms with Crippen LogP contribution in [0.2, 0.25) is 0 Å². The normalized spacial score (nSPS) is 27.5. The van der Waals surface area contributed by atoms with Gasteiger partial charge in [-0.05, 0) is 6.92 Å². The van der Waals surface area contributed by atoms with Crippen molar-refractivity contribution in [3.05, 3.63) is 10.6 Å². The van der Waals surface area contributed by atoms with E-state index in [4.69, 9.17) is 9.84 Å². The molecule has 6 nitrogen and oxygen atoms in total. The number of thioether (sulfide) groups is 1. The number of hydrogen-bond donors (Lipinski definition) is 2. The van der Waals surface area contributed by atoms with E-state index in [0.717, 1.165) is 0 Å². The van der Waals surface area contributed by atoms with Crippen molar-refractivity contribution in [2.24, 2.45) is 5.92 Å². The first-order valence-corrected chi connectivity index (χ1v) is 6.00. The molecule has 18 heavy (non-hydrogen) atoms. The Kier molecular flexibility index (Phi) is 5.28. The summed E-state index contributed by atoms with van der Waals surface area (Å²) in [5.41, 5.74) is -0.0104. The molecule has 3 atom stereocenters. The van der Waals surface area contributed by atoms with Gasteiger partial charge in [-0.25, -0.2) is 4.79 Å². The van der Waals surface area contributed by atoms with Crippen LogP contribution in [0, 0.1) is 5.92 Å². The molecule has 2 heterocycles. The molecule has 1 unspecified atom stereocenters. The number of aliphatic carboxylic acids is 1. The van der Waals surface area contributed by atoms with Gasteiger partial charge in [-0.3, -0.25) is 9.69 Å². The van der Waals surface area contributed by atoms with Crippen LogP contribution < -0.4 is 29.6 Å². The van der Waals surface area contributed by atoms with Crippen LogP contribution in [0.5, 0.6) is 0 Å². The Balaban J connectivity index is 0.00000162. The minimum atomic E-state index is -1.13. The van der Waals surface area contributed by atoms with Crippen molar-refractivity contribution in [1.82, 2.24) is 4.90 Å². The fraction of sp³-hybridized carbons (Fsp3) is 0.600. The Morgan fingerprint density at radius 3 is 2.72 bits per heavy atom. The predicted molar refractivity (Wildman–Crippen MR) is 61.0 cm³/mol. The molecule has 0 aliphatic carbocycles. The summed E-state index contributed by atoms with van der Waals surface area (Å²) in [6, 6.07) is 0. The van der Waals surface area contributed by atoms with E-state index in [1.807, 2.05) is 0 Å². The average Bonchev–Trinajstić information content (AvgIpc) is 2.53. The zero-order valence-corrected chi connectivity index (χ0v) is 13.2. The molecule has 0 aromatic carbocycles. The van der Waals surface area contributed by atoms with Gasteiger partial charge in [0.05, 0.1) is 18.6 Å². The molecule has 0 aromatic rings. The first-order chi connectivity index (χ1) is 7.99. The predicted octanol–water partition coefficient (Wildman–Crippen LogP) is -3.04. The molecule has 2 N–H and O–H groups in total. The standard InChI is InChI=1S/C10H13NO5S.Na.H/c1-4(12)6-8(13)11-7(10(14)15)5(3-16-2)17-9(6)11;;/h4,6,9,12H,3H2,1-2H3,(H,14,15);;/q;+1;-1/t4?,6-,9+;;/m0../s1. The van der Waals surface area contributed by atoms with Crippen molar-refractivity contribution < 1.29 is 55.5 Å². The molecular formula is C10H14NNaO5S. The number of aliphatic hydroxyl groups is 1. The number of aliphatic hydroxyl groups excluding tert-OH is 1. The molecule has 0 bridgehead atoms. The number of carboxylic acids is 1. The second kappa shape index (κ2) is 5.94. The summed E-state index contributed by atoms with van der Waals surface area (Å²) < 4.78 is 4.92. The fourth-order valence-corrected chi connectivity index (χ4v) is 3.67. The van der Waals surface area contributed by atoms with Gasteiger partial charge in [0, 0.05) is 12.0 Å². The third kappa shape index (κ3) is 2.35. The average molecular weight is 283 g/mol. The Hall–Kier alpha value is -0.0500. The second-order valence-corrected chi connectivity index (χ2v) is 5.20. The summed E-state index contributed by atoms with van der Waals surface area (Å²) in [7, 11) is 1.47. The van der Waals surface area contributed by atoms with Crippen LogP contribution in [-0.4, -0.2) is 52.2 Å². The summed E-state index contributed by atoms with van der Waals surface area (Å²) >= 11 is 1.28. The van der Waals surface area contributed by atoms with Gasteiger partial charge in [0.1, 0.15) is 11.1 Å². The number of fused-ring (bicyclic) bond motifs is 1. The molecule has 1 saturated heterocycles. The Morgan fingerprint density at radius 2 is 2.28 bits per heavy atom. The van der Waals surface area contributed by atoms with Crippen LogP contribution >= 0.6 is 11.8 Å². The van der Waals surface area contributed by atoms with Crippen molar-refractivity contribution >= 4 is 23.6 Å². The summed E-state index contributed by atoms with van der Waals surface area (Å²) in [5, 5.41) is 18.3. The van der Waals surface area contributed by atoms with Gasteiger partial charge >= 0.3 is 35.5 Å². The quantitative estimate of drug-likeness (QED) is 0.421. The fourth-order valence-electron chi connectivity index (χ4n) is 2.09. The van der Waals surface area contributed by atoms with Crippen LogP contribution in [0.3, 0.4) is 0 Å². The van der Waals surface area contributed by atoms with Crippen molar-refractivity contribution in [2.75, 3.05) is 13.7 Å². The van der Waals surface area contributed by atoms with E-state index in [1.54, 1.807) is 0 Å². The number of carboxylic acid groups (broad SMARTS) is 1. The van der Waals surface area contributed by atoms with E-state index in [0.29, 0.717) is 4.91 Å². The van der Waals surface area contributed by atoms with Gasteiger partial charge in [-0.2, -0.15) is 0 Å². The number of amides is 1. The maximum absolute atomic E-state index is 11.8. The molecule has 2 aliphatic heterocycles. The Bertz CT molecular complexity index is 417. The number of carbonyl (C=O) groups is 2. The van der Waals surface area contributed by atoms with Gasteiger partial charge < -0.3 is 16.4 Å². The molecule has 2 aliphatic rings. The number of rotatable bonds is 4. The molecule has 1 fully saturated rings. The summed E-state index contributed by atoms with van der Waals surface area (Å²) in [4.78, 5) is 24.6. The van der Waals surface area contributed by atoms with E-state index in [2.05, 4.69) is 0 Å². The first-order valence-electron chi connectivity index (χ1n) is 5.12. The molecule has 2 rings (SSSR count). The number of nitrogens with zero attached hydrogens (tertiary/aromatic N) is 1. The van der Waals surface area contributed by atoms with Gasteiger partial charge in [0.25, 0.3) is 0 Å². The first kappa shape index (κ1) is 16.0. The van der Waals surface area contributed by atoms with Crippen LogP contribution in [-0.2, 0) is 14.3 Å². The number of ether oxygens (including phenoxy) is 1. The second-order valence-electron chi connectivity index (χ2n) is 3.99. The number of methoxy groups -OCH3 is 1. The SMILES string of the molecule is COCC1=C(C(=O)O)N2C(=O)[C@H](C(C)O)[C@H]2S1.[H-].[Na+]. The van der Waals surface area contributed by atoms with Crippen LogP contribution in [0.4, 0.5) is 0 Å². The van der Waals surface area contributed by atoms with E-state index in [1.165, 1.54) is 30.7 Å². The zero-order valence-electron chi connectivity index (χ0n) is 11.4. The van der Waals surface area contributed by atoms with E-state index < -0.39 is 18.0 Å². The Morgan fingerprint density at radius 1 is 1.67 bits per heavy atom. The van der Waals surface area contributed by atoms with Crippen molar-refractivity contribution in [3.8, 4) is 0 Å². The van der Waals surface area contributed by atoms with Gasteiger partial charge in [0.2, 0.25) is 5.91 Å². The monoisotopic (exact) mass is 283 g/mol. The van der Waals surface area contributed by atoms with Crippen LogP contribution in [0.1, 0.15) is 8.35 Å². The molecule has 0 saturated carbocycles. The minimum Gasteiger partial charge on any atom is -1.00 e. The van der Waals surface area contributed by atoms with Gasteiger partial charge in [0.15, 0.2) is 0 Å². The number of β-lactam (4-membered cyclic amide) rings is 1. The van der Waals surface area contributed by atoms with Crippen molar-refractivity contribution in [3.63, 3.8) is 0 Å². The third-order valence-electron chi connectivity index (χ3n) is 2.85. The summed E-state index contributed by atoms with van der Waals surface area (Å²) in [5.74, 6) is -1.99. The molecule has 96 valence electrons. The third-order valence-corrected chi connectivity index (χ3v) is 4.19. The molecular weight excluding hydrogens is 269 g/mol. The largest absolute Gasteiger partial charge is 1.00 e. The van der Waals surface area contributed by atoms with Crippen LogP contribution in [0.15, 0.2) is 10.6 Å². The maximum Gasteiger partial charge on any atom is 1.00 e. The zero-order chi connectivity index (χ0) is 12.7. The van der Waals surface area contributed by atoms with E-state index in [-0.39, 0.29) is 54.6 Å². The topological polar surface area (TPSA) is 87.1 Å². The molecule has 0 spiro atoms. The van der Waals surface area contributed by atoms with Crippen molar-refractivity contribution in [1.29, 1.82) is 0 Å². The van der Waals surface area contributed by atoms with E-state index >= 15 is 0 Å². The van der Waals surface area contributed by atoms with Crippen LogP contribution in [0.25, 0.3) is 0 Å². The van der Waals surface area contributed by atoms with E-state index in [9.17, 15) is 14.7 Å². The minimum absolute atomic E-state index is 0. The van der Waals surface area contributed by atoms with Gasteiger partial charge in [-0.1, -0.05) is 11.8 Å². The van der Waals surface area contributed by atoms with Crippen molar-refractivity contribution in [2.45, 2.75) is 18.4 Å². The molecule has 8 heteroatoms. The molecule has 0 aromatic heterocycles. The van der Waals surface area contributed by atoms with Gasteiger partial charge in [-0.15, -0.1) is 0 Å². The number of hydrogen-bond acceptors (Lipinski definition) is 5. The molecule has 0 radical (unpaired) electrons. The summed E-state index contributed by atoms with van der Waals surface area (Å²) in [6.45, 7) is 1.70. The maximum atomic E-state index is 11.8. The smallest absolute Gasteiger partial charge is 1.00 e. The Labute approximate surface area is 132 Å². The molecule has 1 amide bonds. The summed E-state index contributed by atoms with van der Waals surface area (Å²) in [6.07, 6.45) is -0.770.